The van der Waals surface area contributed by atoms with E-state index in [-0.39, 0.29) is 18.3 Å². The van der Waals surface area contributed by atoms with E-state index in [1.807, 2.05) is 0 Å². The van der Waals surface area contributed by atoms with Crippen molar-refractivity contribution in [2.24, 2.45) is 0 Å². The van der Waals surface area contributed by atoms with Gasteiger partial charge in [0.2, 0.25) is 0 Å². The van der Waals surface area contributed by atoms with Crippen LogP contribution < -0.4 is 15.7 Å². The molecular formula is C18H27BN2O2. The predicted octanol–water partition coefficient (Wildman–Crippen LogP) is 1.93. The van der Waals surface area contributed by atoms with Crippen LogP contribution in [0.2, 0.25) is 0 Å². The smallest absolute Gasteiger partial charge is 0.399 e. The lowest BCUT2D eigenvalue weighted by molar-refractivity contribution is 0.00578. The third-order valence-electron chi connectivity index (χ3n) is 5.99. The maximum Gasteiger partial charge on any atom is 0.494 e. The highest BCUT2D eigenvalue weighted by atomic mass is 16.7. The Hall–Kier alpha value is -1.04. The Balaban J connectivity index is 1.55. The molecule has 1 spiro atoms. The first-order chi connectivity index (χ1) is 10.8. The molecule has 2 heterocycles. The normalized spacial score (nSPS) is 27.5. The van der Waals surface area contributed by atoms with Crippen LogP contribution in [-0.2, 0) is 9.31 Å². The van der Waals surface area contributed by atoms with E-state index in [1.165, 1.54) is 18.5 Å². The van der Waals surface area contributed by atoms with Gasteiger partial charge in [0.15, 0.2) is 0 Å². The van der Waals surface area contributed by atoms with E-state index in [2.05, 4.69) is 62.2 Å². The van der Waals surface area contributed by atoms with Crippen LogP contribution >= 0.6 is 0 Å². The van der Waals surface area contributed by atoms with Crippen molar-refractivity contribution < 1.29 is 9.31 Å². The summed E-state index contributed by atoms with van der Waals surface area (Å²) in [5.74, 6) is 0. The number of benzene rings is 1. The first-order valence-corrected chi connectivity index (χ1v) is 8.76. The molecule has 0 unspecified atom stereocenters. The molecule has 1 saturated carbocycles. The van der Waals surface area contributed by atoms with E-state index in [4.69, 9.17) is 9.31 Å². The van der Waals surface area contributed by atoms with Gasteiger partial charge in [-0.3, -0.25) is 0 Å². The first kappa shape index (κ1) is 15.5. The van der Waals surface area contributed by atoms with Gasteiger partial charge in [-0.25, -0.2) is 0 Å². The fourth-order valence-electron chi connectivity index (χ4n) is 3.51. The molecule has 2 aliphatic heterocycles. The minimum Gasteiger partial charge on any atom is -0.399 e. The quantitative estimate of drug-likeness (QED) is 0.846. The molecule has 0 bridgehead atoms. The lowest BCUT2D eigenvalue weighted by Crippen LogP contribution is -2.52. The summed E-state index contributed by atoms with van der Waals surface area (Å²) < 4.78 is 12.4. The number of nitrogens with zero attached hydrogens (tertiary/aromatic N) is 1. The molecule has 0 aromatic heterocycles. The molecular weight excluding hydrogens is 287 g/mol. The summed E-state index contributed by atoms with van der Waals surface area (Å²) in [4.78, 5) is 2.50. The monoisotopic (exact) mass is 314 g/mol. The number of nitrogens with one attached hydrogen (secondary N) is 1. The number of hydrogen-bond donors (Lipinski definition) is 1. The standard InChI is InChI=1S/C18H27BN2O2/c1-16(2)17(3,4)23-19(22-16)14-6-5-7-15(12-14)21-11-10-20-18(13-21)8-9-18/h5-7,12,20H,8-11,13H2,1-4H3. The van der Waals surface area contributed by atoms with E-state index < -0.39 is 0 Å². The zero-order valence-electron chi connectivity index (χ0n) is 14.7. The van der Waals surface area contributed by atoms with Gasteiger partial charge in [0.05, 0.1) is 11.2 Å². The molecule has 5 heteroatoms. The molecule has 1 N–H and O–H groups in total. The number of anilines is 1. The Bertz CT molecular complexity index is 597. The van der Waals surface area contributed by atoms with Gasteiger partial charge in [0.25, 0.3) is 0 Å². The number of rotatable bonds is 2. The molecule has 1 aliphatic carbocycles. The molecule has 124 valence electrons. The Morgan fingerprint density at radius 2 is 1.78 bits per heavy atom. The van der Waals surface area contributed by atoms with Gasteiger partial charge >= 0.3 is 7.12 Å². The van der Waals surface area contributed by atoms with Crippen LogP contribution in [0.15, 0.2) is 24.3 Å². The van der Waals surface area contributed by atoms with Crippen LogP contribution in [0.1, 0.15) is 40.5 Å². The van der Waals surface area contributed by atoms with Crippen molar-refractivity contribution in [3.63, 3.8) is 0 Å². The van der Waals surface area contributed by atoms with Crippen molar-refractivity contribution in [2.75, 3.05) is 24.5 Å². The largest absolute Gasteiger partial charge is 0.494 e. The van der Waals surface area contributed by atoms with Gasteiger partial charge < -0.3 is 19.5 Å². The van der Waals surface area contributed by atoms with Crippen molar-refractivity contribution in [2.45, 2.75) is 57.3 Å². The molecule has 3 aliphatic rings. The van der Waals surface area contributed by atoms with Crippen LogP contribution in [0.4, 0.5) is 5.69 Å². The third kappa shape index (κ3) is 2.69. The predicted molar refractivity (Wildman–Crippen MR) is 94.3 cm³/mol. The maximum absolute atomic E-state index is 6.19. The maximum atomic E-state index is 6.19. The highest BCUT2D eigenvalue weighted by Crippen LogP contribution is 2.39. The zero-order chi connectivity index (χ0) is 16.3. The molecule has 0 amide bonds. The summed E-state index contributed by atoms with van der Waals surface area (Å²) in [6.45, 7) is 11.6. The van der Waals surface area contributed by atoms with Crippen molar-refractivity contribution in [1.29, 1.82) is 0 Å². The summed E-state index contributed by atoms with van der Waals surface area (Å²) >= 11 is 0. The fraction of sp³-hybridized carbons (Fsp3) is 0.667. The molecule has 0 atom stereocenters. The van der Waals surface area contributed by atoms with Gasteiger partial charge in [-0.2, -0.15) is 0 Å². The first-order valence-electron chi connectivity index (χ1n) is 8.76. The highest BCUT2D eigenvalue weighted by molar-refractivity contribution is 6.62. The minimum absolute atomic E-state index is 0.280. The third-order valence-corrected chi connectivity index (χ3v) is 5.99. The topological polar surface area (TPSA) is 33.7 Å². The van der Waals surface area contributed by atoms with Crippen LogP contribution in [0, 0.1) is 0 Å². The molecule has 3 fully saturated rings. The summed E-state index contributed by atoms with van der Waals surface area (Å²) in [6, 6.07) is 8.68. The second kappa shape index (κ2) is 4.98. The van der Waals surface area contributed by atoms with Crippen molar-refractivity contribution in [1.82, 2.24) is 5.32 Å². The molecule has 23 heavy (non-hydrogen) atoms. The second-order valence-corrected chi connectivity index (χ2v) is 8.31. The molecule has 2 saturated heterocycles. The Labute approximate surface area is 139 Å². The van der Waals surface area contributed by atoms with E-state index in [1.54, 1.807) is 0 Å². The van der Waals surface area contributed by atoms with Crippen molar-refractivity contribution in [3.8, 4) is 0 Å². The minimum atomic E-state index is -0.291. The van der Waals surface area contributed by atoms with Crippen LogP contribution in [0.5, 0.6) is 0 Å². The van der Waals surface area contributed by atoms with Crippen molar-refractivity contribution >= 4 is 18.3 Å². The van der Waals surface area contributed by atoms with E-state index in [0.29, 0.717) is 5.54 Å². The summed E-state index contributed by atoms with van der Waals surface area (Å²) in [7, 11) is -0.280. The molecule has 0 radical (unpaired) electrons. The van der Waals surface area contributed by atoms with Gasteiger partial charge in [-0.15, -0.1) is 0 Å². The van der Waals surface area contributed by atoms with E-state index in [9.17, 15) is 0 Å². The second-order valence-electron chi connectivity index (χ2n) is 8.31. The average molecular weight is 314 g/mol. The van der Waals surface area contributed by atoms with E-state index >= 15 is 0 Å². The zero-order valence-corrected chi connectivity index (χ0v) is 14.7. The summed E-state index contributed by atoms with van der Waals surface area (Å²) in [6.07, 6.45) is 2.61. The Kier molecular flexibility index (Phi) is 3.35. The average Bonchev–Trinajstić information content (AvgIpc) is 3.19. The van der Waals surface area contributed by atoms with Gasteiger partial charge in [0, 0.05) is 30.9 Å². The lowest BCUT2D eigenvalue weighted by atomic mass is 9.79. The van der Waals surface area contributed by atoms with Crippen LogP contribution in [-0.4, -0.2) is 43.5 Å². The van der Waals surface area contributed by atoms with E-state index in [0.717, 1.165) is 25.1 Å². The number of hydrogen-bond acceptors (Lipinski definition) is 4. The van der Waals surface area contributed by atoms with Crippen LogP contribution in [0.25, 0.3) is 0 Å². The number of piperazine rings is 1. The molecule has 1 aromatic rings. The molecule has 1 aromatic carbocycles. The molecule has 4 rings (SSSR count). The van der Waals surface area contributed by atoms with Crippen LogP contribution in [0.3, 0.4) is 0 Å². The van der Waals surface area contributed by atoms with Crippen molar-refractivity contribution in [3.05, 3.63) is 24.3 Å². The molecule has 4 nitrogen and oxygen atoms in total. The van der Waals surface area contributed by atoms with Gasteiger partial charge in [-0.1, -0.05) is 12.1 Å². The van der Waals surface area contributed by atoms with Gasteiger partial charge in [-0.05, 0) is 58.1 Å². The Morgan fingerprint density at radius 3 is 2.43 bits per heavy atom. The van der Waals surface area contributed by atoms with Gasteiger partial charge in [0.1, 0.15) is 0 Å². The highest BCUT2D eigenvalue weighted by Gasteiger charge is 2.52. The lowest BCUT2D eigenvalue weighted by Gasteiger charge is -2.36. The summed E-state index contributed by atoms with van der Waals surface area (Å²) in [5, 5.41) is 3.67. The SMILES string of the molecule is CC1(C)OB(c2cccc(N3CCNC4(CC4)C3)c2)OC1(C)C. The summed E-state index contributed by atoms with van der Waals surface area (Å²) in [5.41, 5.74) is 2.20. The fourth-order valence-corrected chi connectivity index (χ4v) is 3.51. The Morgan fingerprint density at radius 1 is 1.09 bits per heavy atom.